The van der Waals surface area contributed by atoms with Crippen LogP contribution in [0.25, 0.3) is 0 Å². The fourth-order valence-corrected chi connectivity index (χ4v) is 2.22. The second-order valence-electron chi connectivity index (χ2n) is 4.54. The van der Waals surface area contributed by atoms with Crippen LogP contribution >= 0.6 is 0 Å². The first-order valence-corrected chi connectivity index (χ1v) is 6.22. The van der Waals surface area contributed by atoms with E-state index in [0.29, 0.717) is 18.7 Å². The van der Waals surface area contributed by atoms with E-state index in [-0.39, 0.29) is 5.91 Å². The lowest BCUT2D eigenvalue weighted by molar-refractivity contribution is -0.117. The Balaban J connectivity index is 2.29. The summed E-state index contributed by atoms with van der Waals surface area (Å²) in [5, 5.41) is 8.95. The van der Waals surface area contributed by atoms with Crippen molar-refractivity contribution in [2.75, 3.05) is 43.7 Å². The van der Waals surface area contributed by atoms with Crippen molar-refractivity contribution in [3.63, 3.8) is 0 Å². The highest BCUT2D eigenvalue weighted by Gasteiger charge is 2.26. The maximum absolute atomic E-state index is 12.0. The molecule has 0 bridgehead atoms. The number of hydrogen-bond donors (Lipinski definition) is 0. The largest absolute Gasteiger partial charge is 0.385 e. The molecule has 1 aliphatic heterocycles. The van der Waals surface area contributed by atoms with Crippen LogP contribution in [0.15, 0.2) is 18.2 Å². The number of nitriles is 1. The second-order valence-corrected chi connectivity index (χ2v) is 4.54. The first kappa shape index (κ1) is 13.4. The number of amides is 1. The van der Waals surface area contributed by atoms with Crippen molar-refractivity contribution < 1.29 is 9.53 Å². The Bertz CT molecular complexity index is 522. The topological polar surface area (TPSA) is 56.6 Å². The van der Waals surface area contributed by atoms with Gasteiger partial charge in [-0.2, -0.15) is 5.26 Å². The minimum absolute atomic E-state index is 0.0417. The van der Waals surface area contributed by atoms with Crippen LogP contribution in [-0.4, -0.2) is 39.8 Å². The van der Waals surface area contributed by atoms with Crippen LogP contribution in [0.3, 0.4) is 0 Å². The second kappa shape index (κ2) is 5.72. The van der Waals surface area contributed by atoms with Gasteiger partial charge in [0.2, 0.25) is 5.91 Å². The van der Waals surface area contributed by atoms with E-state index < -0.39 is 0 Å². The molecule has 1 aliphatic rings. The number of anilines is 2. The zero-order valence-electron chi connectivity index (χ0n) is 11.2. The summed E-state index contributed by atoms with van der Waals surface area (Å²) in [4.78, 5) is 15.6. The lowest BCUT2D eigenvalue weighted by Gasteiger charge is -2.35. The smallest absolute Gasteiger partial charge is 0.246 e. The fraction of sp³-hybridized carbons (Fsp3) is 0.429. The van der Waals surface area contributed by atoms with Crippen molar-refractivity contribution in [2.24, 2.45) is 0 Å². The van der Waals surface area contributed by atoms with Crippen LogP contribution < -0.4 is 9.80 Å². The molecule has 5 heteroatoms. The van der Waals surface area contributed by atoms with Gasteiger partial charge in [-0.25, -0.2) is 0 Å². The van der Waals surface area contributed by atoms with Gasteiger partial charge in [-0.15, -0.1) is 0 Å². The summed E-state index contributed by atoms with van der Waals surface area (Å²) in [5.74, 6) is 0.0417. The molecular weight excluding hydrogens is 242 g/mol. The standard InChI is InChI=1S/C14H17N3O2/c1-16-13-8-11(9-15)4-5-12(13)17(10-14(16)18)6-3-7-19-2/h4-5,8H,3,6-7,10H2,1-2H3. The fourth-order valence-electron chi connectivity index (χ4n) is 2.22. The van der Waals surface area contributed by atoms with Crippen molar-refractivity contribution in [3.8, 4) is 6.07 Å². The molecule has 5 nitrogen and oxygen atoms in total. The SMILES string of the molecule is COCCCN1CC(=O)N(C)c2cc(C#N)ccc21. The maximum atomic E-state index is 12.0. The Kier molecular flexibility index (Phi) is 4.03. The highest BCUT2D eigenvalue weighted by atomic mass is 16.5. The molecule has 0 fully saturated rings. The molecule has 0 spiro atoms. The Morgan fingerprint density at radius 3 is 2.89 bits per heavy atom. The first-order chi connectivity index (χ1) is 9.17. The van der Waals surface area contributed by atoms with Gasteiger partial charge in [-0.3, -0.25) is 4.79 Å². The molecule has 19 heavy (non-hydrogen) atoms. The molecule has 0 saturated carbocycles. The van der Waals surface area contributed by atoms with Gasteiger partial charge in [-0.1, -0.05) is 0 Å². The molecule has 0 radical (unpaired) electrons. The van der Waals surface area contributed by atoms with Crippen LogP contribution in [-0.2, 0) is 9.53 Å². The van der Waals surface area contributed by atoms with E-state index in [0.717, 1.165) is 24.3 Å². The van der Waals surface area contributed by atoms with Crippen LogP contribution in [0, 0.1) is 11.3 Å². The third-order valence-electron chi connectivity index (χ3n) is 3.28. The highest BCUT2D eigenvalue weighted by Crippen LogP contribution is 2.33. The molecule has 1 amide bonds. The van der Waals surface area contributed by atoms with Crippen LogP contribution in [0.5, 0.6) is 0 Å². The van der Waals surface area contributed by atoms with Gasteiger partial charge in [0.15, 0.2) is 0 Å². The minimum atomic E-state index is 0.0417. The summed E-state index contributed by atoms with van der Waals surface area (Å²) in [5.41, 5.74) is 2.36. The average Bonchev–Trinajstić information content (AvgIpc) is 2.44. The third kappa shape index (κ3) is 2.69. The predicted molar refractivity (Wildman–Crippen MR) is 73.3 cm³/mol. The zero-order valence-corrected chi connectivity index (χ0v) is 11.2. The molecule has 2 rings (SSSR count). The van der Waals surface area contributed by atoms with Crippen LogP contribution in [0.2, 0.25) is 0 Å². The molecule has 1 aromatic carbocycles. The molecule has 0 aliphatic carbocycles. The van der Waals surface area contributed by atoms with E-state index in [1.54, 1.807) is 31.2 Å². The number of hydrogen-bond acceptors (Lipinski definition) is 4. The number of methoxy groups -OCH3 is 1. The Morgan fingerprint density at radius 1 is 1.42 bits per heavy atom. The normalized spacial score (nSPS) is 14.3. The predicted octanol–water partition coefficient (Wildman–Crippen LogP) is 1.38. The first-order valence-electron chi connectivity index (χ1n) is 6.22. The molecule has 0 atom stereocenters. The van der Waals surface area contributed by atoms with Crippen molar-refractivity contribution in [1.29, 1.82) is 5.26 Å². The Labute approximate surface area is 113 Å². The zero-order chi connectivity index (χ0) is 13.8. The van der Waals surface area contributed by atoms with E-state index in [9.17, 15) is 4.79 Å². The maximum Gasteiger partial charge on any atom is 0.246 e. The van der Waals surface area contributed by atoms with Gasteiger partial charge < -0.3 is 14.5 Å². The van der Waals surface area contributed by atoms with E-state index in [1.165, 1.54) is 0 Å². The molecule has 0 saturated heterocycles. The third-order valence-corrected chi connectivity index (χ3v) is 3.28. The van der Waals surface area contributed by atoms with E-state index >= 15 is 0 Å². The summed E-state index contributed by atoms with van der Waals surface area (Å²) in [7, 11) is 3.41. The number of ether oxygens (including phenoxy) is 1. The Morgan fingerprint density at radius 2 is 2.21 bits per heavy atom. The minimum Gasteiger partial charge on any atom is -0.385 e. The van der Waals surface area contributed by atoms with Gasteiger partial charge in [0.05, 0.1) is 29.6 Å². The average molecular weight is 259 g/mol. The summed E-state index contributed by atoms with van der Waals surface area (Å²) in [6, 6.07) is 7.55. The molecule has 0 unspecified atom stereocenters. The van der Waals surface area contributed by atoms with Gasteiger partial charge in [0.1, 0.15) is 0 Å². The number of fused-ring (bicyclic) bond motifs is 1. The van der Waals surface area contributed by atoms with Gasteiger partial charge >= 0.3 is 0 Å². The number of carbonyl (C=O) groups excluding carboxylic acids is 1. The number of nitrogens with zero attached hydrogens (tertiary/aromatic N) is 3. The Hall–Kier alpha value is -2.06. The van der Waals surface area contributed by atoms with Gasteiger partial charge in [-0.05, 0) is 24.6 Å². The lowest BCUT2D eigenvalue weighted by atomic mass is 10.1. The highest BCUT2D eigenvalue weighted by molar-refractivity contribution is 6.03. The molecular formula is C14H17N3O2. The summed E-state index contributed by atoms with van der Waals surface area (Å²) in [6.07, 6.45) is 0.868. The van der Waals surface area contributed by atoms with Gasteiger partial charge in [0, 0.05) is 27.3 Å². The molecule has 0 N–H and O–H groups in total. The number of benzene rings is 1. The van der Waals surface area contributed by atoms with E-state index in [2.05, 4.69) is 6.07 Å². The molecule has 1 heterocycles. The lowest BCUT2D eigenvalue weighted by Crippen LogP contribution is -2.44. The molecule has 0 aromatic heterocycles. The summed E-state index contributed by atoms with van der Waals surface area (Å²) < 4.78 is 5.04. The van der Waals surface area contributed by atoms with Crippen LogP contribution in [0.1, 0.15) is 12.0 Å². The van der Waals surface area contributed by atoms with E-state index in [4.69, 9.17) is 10.00 Å². The number of carbonyl (C=O) groups is 1. The summed E-state index contributed by atoms with van der Waals surface area (Å²) >= 11 is 0. The number of rotatable bonds is 4. The number of likely N-dealkylation sites (N-methyl/N-ethyl adjacent to an activating group) is 1. The molecule has 1 aromatic rings. The van der Waals surface area contributed by atoms with Crippen molar-refractivity contribution in [3.05, 3.63) is 23.8 Å². The van der Waals surface area contributed by atoms with Crippen molar-refractivity contribution in [2.45, 2.75) is 6.42 Å². The quantitative estimate of drug-likeness (QED) is 0.766. The summed E-state index contributed by atoms with van der Waals surface area (Å²) in [6.45, 7) is 1.82. The monoisotopic (exact) mass is 259 g/mol. The van der Waals surface area contributed by atoms with Crippen molar-refractivity contribution in [1.82, 2.24) is 0 Å². The van der Waals surface area contributed by atoms with Gasteiger partial charge in [0.25, 0.3) is 0 Å². The molecule has 100 valence electrons. The van der Waals surface area contributed by atoms with Crippen LogP contribution in [0.4, 0.5) is 11.4 Å². The van der Waals surface area contributed by atoms with E-state index in [1.807, 2.05) is 11.0 Å². The van der Waals surface area contributed by atoms with Crippen molar-refractivity contribution >= 4 is 17.3 Å².